The topological polar surface area (TPSA) is 3.24 Å². The Morgan fingerprint density at radius 2 is 2.38 bits per heavy atom. The van der Waals surface area contributed by atoms with E-state index in [1.807, 2.05) is 0 Å². The van der Waals surface area contributed by atoms with Gasteiger partial charge in [0.05, 0.1) is 0 Å². The molecule has 1 heterocycles. The van der Waals surface area contributed by atoms with Crippen molar-refractivity contribution in [3.63, 3.8) is 0 Å². The number of piperidine rings is 1. The Bertz CT molecular complexity index is 66.9. The summed E-state index contributed by atoms with van der Waals surface area (Å²) in [5.74, 6) is 0. The molecule has 0 spiro atoms. The molecular formula is C6H13NS. The monoisotopic (exact) mass is 131 g/mol. The summed E-state index contributed by atoms with van der Waals surface area (Å²) in [5, 5.41) is 0.633. The molecule has 1 fully saturated rings. The van der Waals surface area contributed by atoms with Crippen molar-refractivity contribution in [2.24, 2.45) is 0 Å². The van der Waals surface area contributed by atoms with Crippen LogP contribution in [0, 0.1) is 0 Å². The van der Waals surface area contributed by atoms with Gasteiger partial charge in [-0.05, 0) is 26.4 Å². The van der Waals surface area contributed by atoms with Crippen molar-refractivity contribution >= 4 is 12.6 Å². The second-order valence-corrected chi connectivity index (χ2v) is 3.29. The highest BCUT2D eigenvalue weighted by atomic mass is 32.1. The second-order valence-electron chi connectivity index (χ2n) is 2.56. The molecule has 1 nitrogen and oxygen atoms in total. The van der Waals surface area contributed by atoms with E-state index in [0.29, 0.717) is 5.25 Å². The molecule has 2 heteroatoms. The predicted molar refractivity (Wildman–Crippen MR) is 39.5 cm³/mol. The minimum absolute atomic E-state index is 0.633. The Kier molecular flexibility index (Phi) is 2.20. The Morgan fingerprint density at radius 1 is 1.62 bits per heavy atom. The molecule has 0 N–H and O–H groups in total. The molecule has 1 atom stereocenters. The minimum Gasteiger partial charge on any atom is -0.305 e. The van der Waals surface area contributed by atoms with E-state index in [-0.39, 0.29) is 0 Å². The fourth-order valence-electron chi connectivity index (χ4n) is 1.14. The summed E-state index contributed by atoms with van der Waals surface area (Å²) in [6, 6.07) is 0. The van der Waals surface area contributed by atoms with Gasteiger partial charge in [0.1, 0.15) is 0 Å². The van der Waals surface area contributed by atoms with Crippen molar-refractivity contribution < 1.29 is 0 Å². The van der Waals surface area contributed by atoms with Crippen LogP contribution in [0.3, 0.4) is 0 Å². The molecular weight excluding hydrogens is 118 g/mol. The van der Waals surface area contributed by atoms with Crippen LogP contribution in [0.4, 0.5) is 0 Å². The van der Waals surface area contributed by atoms with E-state index in [2.05, 4.69) is 24.6 Å². The Labute approximate surface area is 56.5 Å². The largest absolute Gasteiger partial charge is 0.305 e. The van der Waals surface area contributed by atoms with Gasteiger partial charge < -0.3 is 4.90 Å². The van der Waals surface area contributed by atoms with Crippen LogP contribution < -0.4 is 0 Å². The summed E-state index contributed by atoms with van der Waals surface area (Å²) in [6.07, 6.45) is 2.62. The van der Waals surface area contributed by atoms with Gasteiger partial charge in [0.2, 0.25) is 0 Å². The summed E-state index contributed by atoms with van der Waals surface area (Å²) in [6.45, 7) is 2.43. The van der Waals surface area contributed by atoms with Gasteiger partial charge in [-0.2, -0.15) is 12.6 Å². The number of likely N-dealkylation sites (tertiary alicyclic amines) is 1. The summed E-state index contributed by atoms with van der Waals surface area (Å²) in [4.78, 5) is 2.33. The first-order valence-corrected chi connectivity index (χ1v) is 3.67. The quantitative estimate of drug-likeness (QED) is 0.480. The van der Waals surface area contributed by atoms with E-state index in [1.165, 1.54) is 25.9 Å². The van der Waals surface area contributed by atoms with Crippen LogP contribution in [-0.4, -0.2) is 30.3 Å². The normalized spacial score (nSPS) is 33.0. The van der Waals surface area contributed by atoms with Gasteiger partial charge in [-0.25, -0.2) is 0 Å². The number of rotatable bonds is 0. The molecule has 0 saturated carbocycles. The average molecular weight is 131 g/mol. The summed E-state index contributed by atoms with van der Waals surface area (Å²) >= 11 is 4.38. The summed E-state index contributed by atoms with van der Waals surface area (Å²) in [5.41, 5.74) is 0. The molecule has 1 aliphatic heterocycles. The van der Waals surface area contributed by atoms with Gasteiger partial charge in [0.25, 0.3) is 0 Å². The van der Waals surface area contributed by atoms with Crippen molar-refractivity contribution in [2.45, 2.75) is 18.1 Å². The third-order valence-electron chi connectivity index (χ3n) is 1.60. The zero-order valence-corrected chi connectivity index (χ0v) is 6.19. The summed E-state index contributed by atoms with van der Waals surface area (Å²) in [7, 11) is 2.16. The van der Waals surface area contributed by atoms with Gasteiger partial charge in [-0.15, -0.1) is 0 Å². The highest BCUT2D eigenvalue weighted by Gasteiger charge is 2.11. The lowest BCUT2D eigenvalue weighted by Crippen LogP contribution is -2.32. The Morgan fingerprint density at radius 3 is 2.75 bits per heavy atom. The van der Waals surface area contributed by atoms with E-state index in [0.717, 1.165) is 0 Å². The zero-order chi connectivity index (χ0) is 5.98. The van der Waals surface area contributed by atoms with Gasteiger partial charge in [-0.3, -0.25) is 0 Å². The van der Waals surface area contributed by atoms with Gasteiger partial charge >= 0.3 is 0 Å². The molecule has 0 aromatic heterocycles. The molecule has 0 bridgehead atoms. The van der Waals surface area contributed by atoms with E-state index >= 15 is 0 Å². The van der Waals surface area contributed by atoms with Gasteiger partial charge in [0.15, 0.2) is 0 Å². The number of thiol groups is 1. The maximum absolute atomic E-state index is 4.38. The minimum atomic E-state index is 0.633. The lowest BCUT2D eigenvalue weighted by atomic mass is 10.1. The van der Waals surface area contributed by atoms with Crippen molar-refractivity contribution in [1.29, 1.82) is 0 Å². The van der Waals surface area contributed by atoms with E-state index in [9.17, 15) is 0 Å². The zero-order valence-electron chi connectivity index (χ0n) is 5.30. The molecule has 0 aromatic carbocycles. The summed E-state index contributed by atoms with van der Waals surface area (Å²) < 4.78 is 0. The standard InChI is InChI=1S/C6H13NS/c1-7-4-2-3-6(8)5-7/h6,8H,2-5H2,1H3/t6-/m1/s1. The van der Waals surface area contributed by atoms with Crippen molar-refractivity contribution in [2.75, 3.05) is 20.1 Å². The van der Waals surface area contributed by atoms with Crippen LogP contribution >= 0.6 is 12.6 Å². The molecule has 1 saturated heterocycles. The van der Waals surface area contributed by atoms with Crippen LogP contribution in [0.25, 0.3) is 0 Å². The van der Waals surface area contributed by atoms with Crippen LogP contribution in [0.15, 0.2) is 0 Å². The van der Waals surface area contributed by atoms with E-state index in [1.54, 1.807) is 0 Å². The molecule has 0 amide bonds. The first kappa shape index (κ1) is 6.43. The molecule has 0 unspecified atom stereocenters. The number of hydrogen-bond acceptors (Lipinski definition) is 2. The molecule has 8 heavy (non-hydrogen) atoms. The molecule has 0 aromatic rings. The maximum Gasteiger partial charge on any atom is 0.0145 e. The molecule has 1 aliphatic rings. The van der Waals surface area contributed by atoms with E-state index in [4.69, 9.17) is 0 Å². The number of nitrogens with zero attached hydrogens (tertiary/aromatic N) is 1. The average Bonchev–Trinajstić information content (AvgIpc) is 1.64. The fourth-order valence-corrected chi connectivity index (χ4v) is 1.60. The van der Waals surface area contributed by atoms with Crippen LogP contribution in [0.1, 0.15) is 12.8 Å². The van der Waals surface area contributed by atoms with Crippen molar-refractivity contribution in [3.8, 4) is 0 Å². The lowest BCUT2D eigenvalue weighted by Gasteiger charge is -2.26. The number of hydrogen-bond donors (Lipinski definition) is 1. The maximum atomic E-state index is 4.38. The smallest absolute Gasteiger partial charge is 0.0145 e. The lowest BCUT2D eigenvalue weighted by molar-refractivity contribution is 0.284. The van der Waals surface area contributed by atoms with Crippen LogP contribution in [0.2, 0.25) is 0 Å². The van der Waals surface area contributed by atoms with Crippen LogP contribution in [-0.2, 0) is 0 Å². The third kappa shape index (κ3) is 1.67. The SMILES string of the molecule is CN1CCC[C@@H](S)C1. The molecule has 0 radical (unpaired) electrons. The van der Waals surface area contributed by atoms with Crippen LogP contribution in [0.5, 0.6) is 0 Å². The first-order chi connectivity index (χ1) is 3.79. The van der Waals surface area contributed by atoms with Gasteiger partial charge in [0, 0.05) is 11.8 Å². The van der Waals surface area contributed by atoms with Gasteiger partial charge in [-0.1, -0.05) is 0 Å². The Balaban J connectivity index is 2.23. The fraction of sp³-hybridized carbons (Fsp3) is 1.00. The van der Waals surface area contributed by atoms with E-state index < -0.39 is 0 Å². The second kappa shape index (κ2) is 2.74. The molecule has 48 valence electrons. The Hall–Kier alpha value is 0.310. The predicted octanol–water partition coefficient (Wildman–Crippen LogP) is 1.01. The molecule has 1 rings (SSSR count). The van der Waals surface area contributed by atoms with Crippen molar-refractivity contribution in [1.82, 2.24) is 4.90 Å². The molecule has 0 aliphatic carbocycles. The first-order valence-electron chi connectivity index (χ1n) is 3.15. The highest BCUT2D eigenvalue weighted by molar-refractivity contribution is 7.81. The third-order valence-corrected chi connectivity index (χ3v) is 2.02. The highest BCUT2D eigenvalue weighted by Crippen LogP contribution is 2.11. The van der Waals surface area contributed by atoms with Crippen molar-refractivity contribution in [3.05, 3.63) is 0 Å².